The first kappa shape index (κ1) is 28.7. The van der Waals surface area contributed by atoms with Crippen LogP contribution in [-0.4, -0.2) is 56.2 Å². The summed E-state index contributed by atoms with van der Waals surface area (Å²) in [5, 5.41) is 4.02. The molecule has 10 nitrogen and oxygen atoms in total. The van der Waals surface area contributed by atoms with Gasteiger partial charge in [-0.05, 0) is 68.1 Å². The molecule has 2 aromatic carbocycles. The lowest BCUT2D eigenvalue weighted by Gasteiger charge is -2.43. The van der Waals surface area contributed by atoms with Crippen LogP contribution in [0.4, 0.5) is 0 Å². The van der Waals surface area contributed by atoms with Gasteiger partial charge in [-0.1, -0.05) is 23.8 Å². The second-order valence-electron chi connectivity index (χ2n) is 10.6. The molecule has 1 fully saturated rings. The van der Waals surface area contributed by atoms with E-state index < -0.39 is 22.5 Å². The first-order chi connectivity index (χ1) is 19.7. The molecular formula is C30H35N5O5S. The molecule has 0 spiro atoms. The van der Waals surface area contributed by atoms with Gasteiger partial charge >= 0.3 is 0 Å². The van der Waals surface area contributed by atoms with Crippen molar-refractivity contribution in [1.82, 2.24) is 19.6 Å². The molecule has 1 amide bonds. The first-order valence-corrected chi connectivity index (χ1v) is 15.3. The third kappa shape index (κ3) is 6.92. The van der Waals surface area contributed by atoms with Gasteiger partial charge in [-0.15, -0.1) is 0 Å². The summed E-state index contributed by atoms with van der Waals surface area (Å²) < 4.78 is 34.9. The zero-order valence-corrected chi connectivity index (χ0v) is 24.1. The van der Waals surface area contributed by atoms with Crippen LogP contribution in [0.2, 0.25) is 0 Å². The number of nitrogens with zero attached hydrogens (tertiary/aromatic N) is 3. The summed E-state index contributed by atoms with van der Waals surface area (Å²) in [6, 6.07) is 17.7. The molecule has 1 saturated heterocycles. The second-order valence-corrected chi connectivity index (χ2v) is 12.4. The summed E-state index contributed by atoms with van der Waals surface area (Å²) in [5.41, 5.74) is 6.30. The maximum atomic E-state index is 12.4. The largest absolute Gasteiger partial charge is 0.494 e. The van der Waals surface area contributed by atoms with E-state index in [1.54, 1.807) is 18.2 Å². The normalized spacial score (nSPS) is 18.7. The fraction of sp³-hybridized carbons (Fsp3) is 0.367. The Morgan fingerprint density at radius 2 is 1.90 bits per heavy atom. The molecule has 41 heavy (non-hydrogen) atoms. The predicted molar refractivity (Wildman–Crippen MR) is 157 cm³/mol. The van der Waals surface area contributed by atoms with Crippen molar-refractivity contribution in [2.24, 2.45) is 11.0 Å². The van der Waals surface area contributed by atoms with Gasteiger partial charge in [0.1, 0.15) is 5.75 Å². The summed E-state index contributed by atoms with van der Waals surface area (Å²) in [4.78, 5) is 27.1. The van der Waals surface area contributed by atoms with E-state index in [4.69, 9.17) is 4.74 Å². The number of aromatic nitrogens is 1. The maximum Gasteiger partial charge on any atom is 0.255 e. The predicted octanol–water partition coefficient (Wildman–Crippen LogP) is 2.60. The number of pyridine rings is 1. The Kier molecular flexibility index (Phi) is 8.67. The molecule has 1 aromatic heterocycles. The number of benzene rings is 2. The molecule has 5 rings (SSSR count). The molecule has 2 aliphatic rings. The van der Waals surface area contributed by atoms with Gasteiger partial charge < -0.3 is 9.30 Å². The van der Waals surface area contributed by atoms with Crippen LogP contribution in [0.3, 0.4) is 0 Å². The molecule has 2 atom stereocenters. The van der Waals surface area contributed by atoms with Crippen molar-refractivity contribution in [3.05, 3.63) is 93.4 Å². The number of ether oxygens (including phenoxy) is 1. The number of rotatable bonds is 10. The number of amides is 1. The van der Waals surface area contributed by atoms with E-state index in [1.807, 2.05) is 42.7 Å². The van der Waals surface area contributed by atoms with Crippen LogP contribution in [0.5, 0.6) is 5.75 Å². The smallest absolute Gasteiger partial charge is 0.255 e. The highest BCUT2D eigenvalue weighted by atomic mass is 32.2. The molecule has 2 unspecified atom stereocenters. The topological polar surface area (TPSA) is 122 Å². The fourth-order valence-electron chi connectivity index (χ4n) is 5.64. The lowest BCUT2D eigenvalue weighted by Crippen LogP contribution is -2.46. The second kappa shape index (κ2) is 12.4. The summed E-state index contributed by atoms with van der Waals surface area (Å²) in [5.74, 6) is 0.949. The van der Waals surface area contributed by atoms with Gasteiger partial charge in [0.25, 0.3) is 11.5 Å². The molecule has 0 radical (unpaired) electrons. The Labute approximate surface area is 240 Å². The Bertz CT molecular complexity index is 1600. The number of hydrazone groups is 1. The van der Waals surface area contributed by atoms with E-state index in [1.165, 1.54) is 18.3 Å². The van der Waals surface area contributed by atoms with E-state index in [0.29, 0.717) is 25.0 Å². The number of likely N-dealkylation sites (tertiary alicyclic amines) is 1. The van der Waals surface area contributed by atoms with Crippen LogP contribution in [0, 0.1) is 12.8 Å². The van der Waals surface area contributed by atoms with Crippen molar-refractivity contribution in [3.63, 3.8) is 0 Å². The van der Waals surface area contributed by atoms with Crippen LogP contribution in [0.15, 0.2) is 75.5 Å². The molecule has 3 aromatic rings. The Hall–Kier alpha value is -3.80. The van der Waals surface area contributed by atoms with Gasteiger partial charge in [0.2, 0.25) is 10.0 Å². The summed E-state index contributed by atoms with van der Waals surface area (Å²) in [6.45, 7) is 7.10. The number of sulfonamides is 1. The number of piperidine rings is 1. The van der Waals surface area contributed by atoms with E-state index in [0.717, 1.165) is 54.2 Å². The highest BCUT2D eigenvalue weighted by molar-refractivity contribution is 7.89. The number of hydrogen-bond donors (Lipinski definition) is 2. The summed E-state index contributed by atoms with van der Waals surface area (Å²) in [6.07, 6.45) is 2.62. The highest BCUT2D eigenvalue weighted by Gasteiger charge is 2.34. The van der Waals surface area contributed by atoms with Crippen molar-refractivity contribution in [1.29, 1.82) is 0 Å². The lowest BCUT2D eigenvalue weighted by atomic mass is 9.83. The number of carbonyl (C=O) groups is 1. The number of carbonyl (C=O) groups excluding carboxylic acids is 1. The Morgan fingerprint density at radius 1 is 1.10 bits per heavy atom. The minimum atomic E-state index is -3.80. The van der Waals surface area contributed by atoms with Gasteiger partial charge in [-0.3, -0.25) is 14.5 Å². The monoisotopic (exact) mass is 577 g/mol. The van der Waals surface area contributed by atoms with Crippen molar-refractivity contribution in [2.45, 2.75) is 44.2 Å². The van der Waals surface area contributed by atoms with E-state index in [-0.39, 0.29) is 10.5 Å². The first-order valence-electron chi connectivity index (χ1n) is 13.8. The van der Waals surface area contributed by atoms with Gasteiger partial charge in [0.05, 0.1) is 24.3 Å². The van der Waals surface area contributed by atoms with Crippen LogP contribution < -0.4 is 20.4 Å². The quantitative estimate of drug-likeness (QED) is 0.282. The van der Waals surface area contributed by atoms with Crippen LogP contribution >= 0.6 is 0 Å². The third-order valence-corrected chi connectivity index (χ3v) is 8.91. The molecule has 216 valence electrons. The molecule has 0 aliphatic carbocycles. The summed E-state index contributed by atoms with van der Waals surface area (Å²) in [7, 11) is -3.80. The standard InChI is InChI=1S/C30H35N5O5S/c1-3-40-28-12-9-22(15-31-33-29(36)16-32-41(38,39)26-10-7-21(2)8-11-26)13-25(28)20-34-17-23-14-24(19-34)27-5-4-6-30(37)35(27)18-23/h4-13,15,23-24,32H,3,14,16-20H2,1-2H3,(H,33,36). The molecule has 0 saturated carbocycles. The highest BCUT2D eigenvalue weighted by Crippen LogP contribution is 2.36. The number of nitrogens with one attached hydrogen (secondary N) is 2. The SMILES string of the molecule is CCOc1ccc(C=NNC(=O)CNS(=O)(=O)c2ccc(C)cc2)cc1CN1CC2CC(C1)c1cccc(=O)n1C2. The minimum Gasteiger partial charge on any atom is -0.494 e. The maximum absolute atomic E-state index is 12.4. The number of hydrogen-bond acceptors (Lipinski definition) is 7. The van der Waals surface area contributed by atoms with E-state index in [2.05, 4.69) is 26.2 Å². The zero-order valence-electron chi connectivity index (χ0n) is 23.2. The van der Waals surface area contributed by atoms with E-state index >= 15 is 0 Å². The van der Waals surface area contributed by atoms with E-state index in [9.17, 15) is 18.0 Å². The number of fused-ring (bicyclic) bond motifs is 4. The van der Waals surface area contributed by atoms with Crippen molar-refractivity contribution < 1.29 is 17.9 Å². The molecule has 2 bridgehead atoms. The molecule has 11 heteroatoms. The van der Waals surface area contributed by atoms with Crippen molar-refractivity contribution in [3.8, 4) is 5.75 Å². The molecular weight excluding hydrogens is 542 g/mol. The van der Waals surface area contributed by atoms with Crippen LogP contribution in [0.1, 0.15) is 41.6 Å². The zero-order chi connectivity index (χ0) is 29.0. The fourth-order valence-corrected chi connectivity index (χ4v) is 6.63. The van der Waals surface area contributed by atoms with Crippen LogP contribution in [-0.2, 0) is 27.9 Å². The average molecular weight is 578 g/mol. The minimum absolute atomic E-state index is 0.0760. The molecule has 2 N–H and O–H groups in total. The van der Waals surface area contributed by atoms with Crippen LogP contribution in [0.25, 0.3) is 0 Å². The Balaban J connectivity index is 1.21. The summed E-state index contributed by atoms with van der Waals surface area (Å²) >= 11 is 0. The number of aryl methyl sites for hydroxylation is 1. The third-order valence-electron chi connectivity index (χ3n) is 7.49. The van der Waals surface area contributed by atoms with Gasteiger partial charge in [0.15, 0.2) is 0 Å². The van der Waals surface area contributed by atoms with Gasteiger partial charge in [-0.25, -0.2) is 18.6 Å². The molecule has 2 aliphatic heterocycles. The Morgan fingerprint density at radius 3 is 2.68 bits per heavy atom. The van der Waals surface area contributed by atoms with Crippen molar-refractivity contribution in [2.75, 3.05) is 26.2 Å². The lowest BCUT2D eigenvalue weighted by molar-refractivity contribution is -0.119. The van der Waals surface area contributed by atoms with Gasteiger partial charge in [0, 0.05) is 49.4 Å². The average Bonchev–Trinajstić information content (AvgIpc) is 2.94. The van der Waals surface area contributed by atoms with Gasteiger partial charge in [-0.2, -0.15) is 5.10 Å². The van der Waals surface area contributed by atoms with Crippen molar-refractivity contribution >= 4 is 22.1 Å². The molecule has 3 heterocycles.